The van der Waals surface area contributed by atoms with Crippen molar-refractivity contribution < 1.29 is 23.5 Å². The lowest BCUT2D eigenvalue weighted by molar-refractivity contribution is -0.127. The molecule has 1 fully saturated rings. The van der Waals surface area contributed by atoms with Crippen LogP contribution in [-0.2, 0) is 4.79 Å². The van der Waals surface area contributed by atoms with E-state index in [-0.39, 0.29) is 11.8 Å². The number of benzene rings is 1. The summed E-state index contributed by atoms with van der Waals surface area (Å²) >= 11 is 0. The second-order valence-corrected chi connectivity index (χ2v) is 6.50. The number of rotatable bonds is 5. The fourth-order valence-electron chi connectivity index (χ4n) is 3.05. The number of nitrogens with zero attached hydrogens (tertiary/aromatic N) is 2. The highest BCUT2D eigenvalue weighted by atomic mass is 16.5. The van der Waals surface area contributed by atoms with Gasteiger partial charge in [-0.3, -0.25) is 9.59 Å². The lowest BCUT2D eigenvalue weighted by atomic mass is 10.1. The number of hydrogen-bond donors (Lipinski definition) is 0. The minimum absolute atomic E-state index is 0.0933. The van der Waals surface area contributed by atoms with E-state index in [0.29, 0.717) is 49.0 Å². The van der Waals surface area contributed by atoms with Gasteiger partial charge in [0.25, 0.3) is 5.91 Å². The third-order valence-electron chi connectivity index (χ3n) is 4.63. The molecule has 2 aromatic rings. The minimum atomic E-state index is -0.106. The van der Waals surface area contributed by atoms with Gasteiger partial charge in [-0.1, -0.05) is 0 Å². The largest absolute Gasteiger partial charge is 0.497 e. The van der Waals surface area contributed by atoms with E-state index in [2.05, 4.69) is 0 Å². The van der Waals surface area contributed by atoms with E-state index in [4.69, 9.17) is 13.9 Å². The van der Waals surface area contributed by atoms with Crippen molar-refractivity contribution in [1.29, 1.82) is 0 Å². The second-order valence-electron chi connectivity index (χ2n) is 6.50. The van der Waals surface area contributed by atoms with Gasteiger partial charge in [-0.25, -0.2) is 0 Å². The highest BCUT2D eigenvalue weighted by Crippen LogP contribution is 2.24. The quantitative estimate of drug-likeness (QED) is 0.741. The summed E-state index contributed by atoms with van der Waals surface area (Å²) in [6.07, 6.45) is 3.16. The van der Waals surface area contributed by atoms with Crippen LogP contribution in [0.3, 0.4) is 0 Å². The number of furan rings is 1. The van der Waals surface area contributed by atoms with Gasteiger partial charge < -0.3 is 23.7 Å². The first-order chi connectivity index (χ1) is 13.5. The van der Waals surface area contributed by atoms with Crippen LogP contribution in [0.2, 0.25) is 0 Å². The summed E-state index contributed by atoms with van der Waals surface area (Å²) in [7, 11) is 3.09. The number of hydrogen-bond acceptors (Lipinski definition) is 5. The highest BCUT2D eigenvalue weighted by molar-refractivity contribution is 5.95. The summed E-state index contributed by atoms with van der Waals surface area (Å²) in [5.41, 5.74) is 0.504. The fraction of sp³-hybridized carbons (Fsp3) is 0.333. The molecule has 0 radical (unpaired) electrons. The Morgan fingerprint density at radius 1 is 0.964 bits per heavy atom. The predicted molar refractivity (Wildman–Crippen MR) is 105 cm³/mol. The Labute approximate surface area is 164 Å². The van der Waals surface area contributed by atoms with E-state index < -0.39 is 0 Å². The molecule has 0 N–H and O–H groups in total. The Morgan fingerprint density at radius 2 is 1.57 bits per heavy atom. The fourth-order valence-corrected chi connectivity index (χ4v) is 3.05. The highest BCUT2D eigenvalue weighted by Gasteiger charge is 2.24. The molecule has 0 bridgehead atoms. The van der Waals surface area contributed by atoms with Crippen LogP contribution in [0.1, 0.15) is 21.9 Å². The molecule has 2 heterocycles. The summed E-state index contributed by atoms with van der Waals surface area (Å²) in [5.74, 6) is 2.37. The number of piperazine rings is 1. The Morgan fingerprint density at radius 3 is 2.11 bits per heavy atom. The average molecular weight is 384 g/mol. The molecule has 0 saturated carbocycles. The molecule has 7 heteroatoms. The van der Waals surface area contributed by atoms with Crippen LogP contribution in [0.5, 0.6) is 11.5 Å². The molecule has 0 aliphatic carbocycles. The van der Waals surface area contributed by atoms with E-state index in [0.717, 1.165) is 5.76 Å². The van der Waals surface area contributed by atoms with Gasteiger partial charge in [-0.2, -0.15) is 0 Å². The topological polar surface area (TPSA) is 72.2 Å². The molecule has 28 heavy (non-hydrogen) atoms. The van der Waals surface area contributed by atoms with Gasteiger partial charge >= 0.3 is 0 Å². The van der Waals surface area contributed by atoms with Gasteiger partial charge in [0, 0.05) is 43.9 Å². The summed E-state index contributed by atoms with van der Waals surface area (Å²) < 4.78 is 15.9. The molecule has 7 nitrogen and oxygen atoms in total. The van der Waals surface area contributed by atoms with E-state index in [1.165, 1.54) is 6.08 Å². The van der Waals surface area contributed by atoms with Crippen LogP contribution in [0, 0.1) is 6.92 Å². The number of amides is 2. The molecule has 0 atom stereocenters. The molecule has 1 aliphatic heterocycles. The Hall–Kier alpha value is -3.22. The van der Waals surface area contributed by atoms with Crippen LogP contribution in [0.25, 0.3) is 6.08 Å². The zero-order valence-electron chi connectivity index (χ0n) is 16.3. The predicted octanol–water partition coefficient (Wildman–Crippen LogP) is 2.60. The van der Waals surface area contributed by atoms with E-state index in [1.54, 1.807) is 48.3 Å². The van der Waals surface area contributed by atoms with Gasteiger partial charge in [-0.05, 0) is 37.3 Å². The zero-order valence-corrected chi connectivity index (χ0v) is 16.3. The molecular weight excluding hydrogens is 360 g/mol. The maximum absolute atomic E-state index is 12.8. The standard InChI is InChI=1S/C21H24N2O5/c1-15-4-5-17(28-15)6-7-20(24)22-8-10-23(11-9-22)21(25)16-12-18(26-2)14-19(13-16)27-3/h4-7,12-14H,8-11H2,1-3H3/b7-6+. The van der Waals surface area contributed by atoms with Crippen LogP contribution >= 0.6 is 0 Å². The van der Waals surface area contributed by atoms with Crippen molar-refractivity contribution in [3.8, 4) is 11.5 Å². The summed E-state index contributed by atoms with van der Waals surface area (Å²) in [6, 6.07) is 8.77. The van der Waals surface area contributed by atoms with E-state index in [1.807, 2.05) is 19.1 Å². The van der Waals surface area contributed by atoms with Crippen molar-refractivity contribution >= 4 is 17.9 Å². The molecule has 0 spiro atoms. The maximum atomic E-state index is 12.8. The van der Waals surface area contributed by atoms with Crippen molar-refractivity contribution in [2.45, 2.75) is 6.92 Å². The summed E-state index contributed by atoms with van der Waals surface area (Å²) in [6.45, 7) is 3.75. The first kappa shape index (κ1) is 19.5. The van der Waals surface area contributed by atoms with Crippen LogP contribution < -0.4 is 9.47 Å². The Bertz CT molecular complexity index is 856. The lowest BCUT2D eigenvalue weighted by Gasteiger charge is -2.34. The Kier molecular flexibility index (Phi) is 6.03. The third-order valence-corrected chi connectivity index (χ3v) is 4.63. The SMILES string of the molecule is COc1cc(OC)cc(C(=O)N2CCN(C(=O)/C=C/c3ccc(C)o3)CC2)c1. The van der Waals surface area contributed by atoms with Gasteiger partial charge in [0.1, 0.15) is 23.0 Å². The maximum Gasteiger partial charge on any atom is 0.254 e. The number of ether oxygens (including phenoxy) is 2. The van der Waals surface area contributed by atoms with Gasteiger partial charge in [0.2, 0.25) is 5.91 Å². The van der Waals surface area contributed by atoms with Crippen molar-refractivity contribution in [3.63, 3.8) is 0 Å². The molecule has 0 unspecified atom stereocenters. The lowest BCUT2D eigenvalue weighted by Crippen LogP contribution is -2.50. The normalized spacial score (nSPS) is 14.4. The number of methoxy groups -OCH3 is 2. The van der Waals surface area contributed by atoms with Gasteiger partial charge in [0.05, 0.1) is 14.2 Å². The zero-order chi connectivity index (χ0) is 20.1. The van der Waals surface area contributed by atoms with Crippen molar-refractivity contribution in [2.24, 2.45) is 0 Å². The molecular formula is C21H24N2O5. The minimum Gasteiger partial charge on any atom is -0.497 e. The summed E-state index contributed by atoms with van der Waals surface area (Å²) in [5, 5.41) is 0. The van der Waals surface area contributed by atoms with Gasteiger partial charge in [-0.15, -0.1) is 0 Å². The molecule has 1 aliphatic rings. The van der Waals surface area contributed by atoms with Crippen molar-refractivity contribution in [1.82, 2.24) is 9.80 Å². The van der Waals surface area contributed by atoms with Crippen LogP contribution in [0.15, 0.2) is 40.8 Å². The average Bonchev–Trinajstić information content (AvgIpc) is 3.16. The molecule has 1 saturated heterocycles. The Balaban J connectivity index is 1.59. The van der Waals surface area contributed by atoms with Crippen LogP contribution in [-0.4, -0.2) is 62.0 Å². The first-order valence-corrected chi connectivity index (χ1v) is 9.06. The van der Waals surface area contributed by atoms with Crippen molar-refractivity contribution in [2.75, 3.05) is 40.4 Å². The van der Waals surface area contributed by atoms with Gasteiger partial charge in [0.15, 0.2) is 0 Å². The molecule has 1 aromatic heterocycles. The first-order valence-electron chi connectivity index (χ1n) is 9.06. The molecule has 148 valence electrons. The summed E-state index contributed by atoms with van der Waals surface area (Å²) in [4.78, 5) is 28.6. The smallest absolute Gasteiger partial charge is 0.254 e. The monoisotopic (exact) mass is 384 g/mol. The van der Waals surface area contributed by atoms with Crippen molar-refractivity contribution in [3.05, 3.63) is 53.5 Å². The molecule has 2 amide bonds. The van der Waals surface area contributed by atoms with Crippen LogP contribution in [0.4, 0.5) is 0 Å². The number of aryl methyl sites for hydroxylation is 1. The molecule has 3 rings (SSSR count). The number of carbonyl (C=O) groups excluding carboxylic acids is 2. The number of carbonyl (C=O) groups is 2. The van der Waals surface area contributed by atoms with E-state index >= 15 is 0 Å². The molecule has 1 aromatic carbocycles. The second kappa shape index (κ2) is 8.65. The van der Waals surface area contributed by atoms with E-state index in [9.17, 15) is 9.59 Å². The third kappa shape index (κ3) is 4.54.